The summed E-state index contributed by atoms with van der Waals surface area (Å²) in [5.41, 5.74) is 1.01. The van der Waals surface area contributed by atoms with Gasteiger partial charge < -0.3 is 19.3 Å². The van der Waals surface area contributed by atoms with E-state index >= 15 is 0 Å². The van der Waals surface area contributed by atoms with Crippen LogP contribution >= 0.6 is 0 Å². The first-order chi connectivity index (χ1) is 10.5. The maximum absolute atomic E-state index is 9.25. The summed E-state index contributed by atoms with van der Waals surface area (Å²) in [5.74, 6) is 1.87. The third-order valence-electron chi connectivity index (χ3n) is 4.39. The first-order valence-electron chi connectivity index (χ1n) is 8.07. The zero-order valence-electron chi connectivity index (χ0n) is 14.0. The summed E-state index contributed by atoms with van der Waals surface area (Å²) in [6.07, 6.45) is 0.787. The van der Waals surface area contributed by atoms with Crippen molar-refractivity contribution >= 4 is 0 Å². The maximum atomic E-state index is 9.25. The molecule has 1 N–H and O–H groups in total. The fourth-order valence-electron chi connectivity index (χ4n) is 3.12. The van der Waals surface area contributed by atoms with Crippen molar-refractivity contribution in [3.8, 4) is 5.75 Å². The maximum Gasteiger partial charge on any atom is 0.184 e. The highest BCUT2D eigenvalue weighted by Gasteiger charge is 2.34. The molecule has 1 aliphatic heterocycles. The number of methoxy groups -OCH3 is 1. The topological polar surface area (TPSA) is 47.9 Å². The summed E-state index contributed by atoms with van der Waals surface area (Å²) in [5, 5.41) is 9.25. The SMILES string of the molecule is COc1ccc(C2OC[C@@H](C)[C@H]([C@@H](C)C[C@H](C)CO)O2)cc1. The van der Waals surface area contributed by atoms with E-state index in [1.165, 1.54) is 0 Å². The lowest BCUT2D eigenvalue weighted by Crippen LogP contribution is -2.39. The van der Waals surface area contributed by atoms with Crippen LogP contribution in [0.4, 0.5) is 0 Å². The molecule has 1 heterocycles. The van der Waals surface area contributed by atoms with Crippen LogP contribution in [0.15, 0.2) is 24.3 Å². The van der Waals surface area contributed by atoms with E-state index in [0.29, 0.717) is 24.4 Å². The summed E-state index contributed by atoms with van der Waals surface area (Å²) in [7, 11) is 1.66. The number of ether oxygens (including phenoxy) is 3. The fraction of sp³-hybridized carbons (Fsp3) is 0.667. The number of benzene rings is 1. The van der Waals surface area contributed by atoms with Gasteiger partial charge in [-0.3, -0.25) is 0 Å². The molecule has 0 bridgehead atoms. The van der Waals surface area contributed by atoms with E-state index < -0.39 is 0 Å². The van der Waals surface area contributed by atoms with Gasteiger partial charge in [-0.15, -0.1) is 0 Å². The zero-order chi connectivity index (χ0) is 16.1. The van der Waals surface area contributed by atoms with E-state index in [1.54, 1.807) is 7.11 Å². The average molecular weight is 308 g/mol. The van der Waals surface area contributed by atoms with Gasteiger partial charge in [0.25, 0.3) is 0 Å². The van der Waals surface area contributed by atoms with E-state index in [0.717, 1.165) is 17.7 Å². The number of aliphatic hydroxyl groups excluding tert-OH is 1. The molecule has 0 amide bonds. The van der Waals surface area contributed by atoms with Crippen LogP contribution in [-0.2, 0) is 9.47 Å². The molecule has 4 nitrogen and oxygen atoms in total. The first-order valence-corrected chi connectivity index (χ1v) is 8.07. The summed E-state index contributed by atoms with van der Waals surface area (Å²) < 4.78 is 17.3. The Balaban J connectivity index is 2.03. The lowest BCUT2D eigenvalue weighted by atomic mass is 9.86. The lowest BCUT2D eigenvalue weighted by molar-refractivity contribution is -0.250. The second kappa shape index (κ2) is 7.95. The summed E-state index contributed by atoms with van der Waals surface area (Å²) in [4.78, 5) is 0. The molecule has 1 aromatic rings. The molecule has 2 rings (SSSR count). The molecule has 124 valence electrons. The molecule has 1 aliphatic rings. The van der Waals surface area contributed by atoms with Gasteiger partial charge in [-0.25, -0.2) is 0 Å². The third kappa shape index (κ3) is 4.22. The first kappa shape index (κ1) is 17.3. The number of hydrogen-bond donors (Lipinski definition) is 1. The van der Waals surface area contributed by atoms with Crippen LogP contribution in [0, 0.1) is 17.8 Å². The molecule has 1 saturated heterocycles. The monoisotopic (exact) mass is 308 g/mol. The minimum Gasteiger partial charge on any atom is -0.497 e. The molecule has 0 saturated carbocycles. The lowest BCUT2D eigenvalue weighted by Gasteiger charge is -2.39. The van der Waals surface area contributed by atoms with Gasteiger partial charge in [-0.2, -0.15) is 0 Å². The van der Waals surface area contributed by atoms with Crippen molar-refractivity contribution < 1.29 is 19.3 Å². The highest BCUT2D eigenvalue weighted by atomic mass is 16.7. The second-order valence-electron chi connectivity index (χ2n) is 6.52. The fourth-order valence-corrected chi connectivity index (χ4v) is 3.12. The van der Waals surface area contributed by atoms with Crippen LogP contribution < -0.4 is 4.74 Å². The van der Waals surface area contributed by atoms with Crippen LogP contribution in [0.1, 0.15) is 39.0 Å². The Hall–Kier alpha value is -1.10. The van der Waals surface area contributed by atoms with Crippen LogP contribution in [-0.4, -0.2) is 31.5 Å². The van der Waals surface area contributed by atoms with Crippen LogP contribution in [0.2, 0.25) is 0 Å². The molecule has 1 unspecified atom stereocenters. The Labute approximate surface area is 133 Å². The molecule has 0 aliphatic carbocycles. The van der Waals surface area contributed by atoms with Crippen molar-refractivity contribution in [3.63, 3.8) is 0 Å². The van der Waals surface area contributed by atoms with Crippen molar-refractivity contribution in [2.45, 2.75) is 39.6 Å². The van der Waals surface area contributed by atoms with Gasteiger partial charge in [0.2, 0.25) is 0 Å². The van der Waals surface area contributed by atoms with Crippen molar-refractivity contribution in [3.05, 3.63) is 29.8 Å². The van der Waals surface area contributed by atoms with Crippen LogP contribution in [0.5, 0.6) is 5.75 Å². The molecule has 5 atom stereocenters. The van der Waals surface area contributed by atoms with Crippen LogP contribution in [0.25, 0.3) is 0 Å². The Morgan fingerprint density at radius 1 is 1.27 bits per heavy atom. The highest BCUT2D eigenvalue weighted by Crippen LogP contribution is 2.34. The summed E-state index contributed by atoms with van der Waals surface area (Å²) >= 11 is 0. The minimum absolute atomic E-state index is 0.148. The van der Waals surface area contributed by atoms with Gasteiger partial charge >= 0.3 is 0 Å². The zero-order valence-corrected chi connectivity index (χ0v) is 14.0. The van der Waals surface area contributed by atoms with E-state index in [1.807, 2.05) is 24.3 Å². The number of rotatable bonds is 6. The second-order valence-corrected chi connectivity index (χ2v) is 6.52. The molecule has 1 fully saturated rings. The summed E-state index contributed by atoms with van der Waals surface area (Å²) in [6.45, 7) is 7.35. The molecular weight excluding hydrogens is 280 g/mol. The Morgan fingerprint density at radius 3 is 2.55 bits per heavy atom. The molecule has 1 aromatic carbocycles. The number of aliphatic hydroxyl groups is 1. The van der Waals surface area contributed by atoms with Gasteiger partial charge in [0.1, 0.15) is 5.75 Å². The van der Waals surface area contributed by atoms with Gasteiger partial charge in [0, 0.05) is 18.1 Å². The highest BCUT2D eigenvalue weighted by molar-refractivity contribution is 5.28. The predicted octanol–water partition coefficient (Wildman–Crippen LogP) is 3.40. The van der Waals surface area contributed by atoms with Gasteiger partial charge in [0.15, 0.2) is 6.29 Å². The number of hydrogen-bond acceptors (Lipinski definition) is 4. The Morgan fingerprint density at radius 2 is 1.95 bits per heavy atom. The van der Waals surface area contributed by atoms with Crippen molar-refractivity contribution in [1.82, 2.24) is 0 Å². The molecule has 4 heteroatoms. The van der Waals surface area contributed by atoms with Crippen molar-refractivity contribution in [2.75, 3.05) is 20.3 Å². The quantitative estimate of drug-likeness (QED) is 0.875. The normalized spacial score (nSPS) is 28.1. The van der Waals surface area contributed by atoms with Crippen LogP contribution in [0.3, 0.4) is 0 Å². The van der Waals surface area contributed by atoms with E-state index in [4.69, 9.17) is 14.2 Å². The Kier molecular flexibility index (Phi) is 6.24. The van der Waals surface area contributed by atoms with Gasteiger partial charge in [-0.1, -0.05) is 32.9 Å². The van der Waals surface area contributed by atoms with E-state index in [-0.39, 0.29) is 19.0 Å². The van der Waals surface area contributed by atoms with E-state index in [9.17, 15) is 5.11 Å². The minimum atomic E-state index is -0.320. The largest absolute Gasteiger partial charge is 0.497 e. The molecule has 22 heavy (non-hydrogen) atoms. The predicted molar refractivity (Wildman–Crippen MR) is 85.8 cm³/mol. The standard InChI is InChI=1S/C18H28O4/c1-12(10-19)9-13(2)17-14(3)11-21-18(22-17)15-5-7-16(20-4)8-6-15/h5-8,12-14,17-19H,9-11H2,1-4H3/t12-,13-,14+,17-,18?/m0/s1. The smallest absolute Gasteiger partial charge is 0.184 e. The van der Waals surface area contributed by atoms with Crippen molar-refractivity contribution in [2.24, 2.45) is 17.8 Å². The molecule has 0 spiro atoms. The summed E-state index contributed by atoms with van der Waals surface area (Å²) in [6, 6.07) is 7.81. The van der Waals surface area contributed by atoms with Gasteiger partial charge in [0.05, 0.1) is 19.8 Å². The van der Waals surface area contributed by atoms with Gasteiger partial charge in [-0.05, 0) is 30.4 Å². The molecule has 0 aromatic heterocycles. The molecule has 0 radical (unpaired) electrons. The Bertz CT molecular complexity index is 445. The van der Waals surface area contributed by atoms with E-state index in [2.05, 4.69) is 20.8 Å². The average Bonchev–Trinajstić information content (AvgIpc) is 2.55. The molecular formula is C18H28O4. The third-order valence-corrected chi connectivity index (χ3v) is 4.39. The van der Waals surface area contributed by atoms with Crippen molar-refractivity contribution in [1.29, 1.82) is 0 Å².